The standard InChI is InChI=1S/C11H22N2O/c1-2-11(14)7-13-9-3-4-10(13)6-8(12)5-9/h8-11,14H,2-7,12H2,1H3/t8?,9-,10+,11?. The van der Waals surface area contributed by atoms with Gasteiger partial charge in [0.05, 0.1) is 6.10 Å². The van der Waals surface area contributed by atoms with E-state index in [1.807, 2.05) is 6.92 Å². The predicted molar refractivity (Wildman–Crippen MR) is 57.0 cm³/mol. The number of aliphatic hydroxyl groups is 1. The molecule has 0 aromatic carbocycles. The fourth-order valence-corrected chi connectivity index (χ4v) is 2.99. The van der Waals surface area contributed by atoms with Gasteiger partial charge >= 0.3 is 0 Å². The number of hydrogen-bond acceptors (Lipinski definition) is 3. The number of rotatable bonds is 3. The van der Waals surface area contributed by atoms with Crippen molar-refractivity contribution in [1.82, 2.24) is 4.90 Å². The van der Waals surface area contributed by atoms with Crippen LogP contribution in [0.1, 0.15) is 39.0 Å². The van der Waals surface area contributed by atoms with Crippen molar-refractivity contribution in [2.45, 2.75) is 63.3 Å². The average Bonchev–Trinajstić information content (AvgIpc) is 2.41. The van der Waals surface area contributed by atoms with E-state index in [-0.39, 0.29) is 6.10 Å². The summed E-state index contributed by atoms with van der Waals surface area (Å²) in [6.07, 6.45) is 5.55. The first kappa shape index (κ1) is 10.4. The predicted octanol–water partition coefficient (Wildman–Crippen LogP) is 0.711. The molecule has 0 aromatic heterocycles. The Morgan fingerprint density at radius 1 is 1.36 bits per heavy atom. The Balaban J connectivity index is 1.94. The molecule has 3 nitrogen and oxygen atoms in total. The molecule has 2 heterocycles. The molecule has 0 spiro atoms. The monoisotopic (exact) mass is 198 g/mol. The molecule has 0 aliphatic carbocycles. The average molecular weight is 198 g/mol. The molecule has 2 saturated heterocycles. The van der Waals surface area contributed by atoms with E-state index in [0.717, 1.165) is 25.8 Å². The maximum absolute atomic E-state index is 9.67. The Morgan fingerprint density at radius 3 is 2.43 bits per heavy atom. The minimum Gasteiger partial charge on any atom is -0.392 e. The summed E-state index contributed by atoms with van der Waals surface area (Å²) in [5.74, 6) is 0. The van der Waals surface area contributed by atoms with Crippen LogP contribution in [-0.2, 0) is 0 Å². The molecular weight excluding hydrogens is 176 g/mol. The molecule has 2 aliphatic rings. The molecule has 3 N–H and O–H groups in total. The maximum atomic E-state index is 9.67. The lowest BCUT2D eigenvalue weighted by Crippen LogP contribution is -2.49. The highest BCUT2D eigenvalue weighted by molar-refractivity contribution is 4.96. The number of nitrogens with two attached hydrogens (primary N) is 1. The van der Waals surface area contributed by atoms with Gasteiger partial charge in [-0.05, 0) is 32.1 Å². The van der Waals surface area contributed by atoms with E-state index in [1.54, 1.807) is 0 Å². The molecule has 0 amide bonds. The van der Waals surface area contributed by atoms with Crippen LogP contribution in [0.5, 0.6) is 0 Å². The minimum atomic E-state index is -0.146. The normalized spacial score (nSPS) is 40.1. The number of piperidine rings is 1. The Kier molecular flexibility index (Phi) is 3.10. The van der Waals surface area contributed by atoms with Crippen molar-refractivity contribution in [3.05, 3.63) is 0 Å². The first-order valence-corrected chi connectivity index (χ1v) is 5.90. The quantitative estimate of drug-likeness (QED) is 0.702. The van der Waals surface area contributed by atoms with Crippen LogP contribution in [0.25, 0.3) is 0 Å². The second-order valence-electron chi connectivity index (χ2n) is 4.88. The molecule has 2 aliphatic heterocycles. The van der Waals surface area contributed by atoms with E-state index in [9.17, 15) is 5.11 Å². The van der Waals surface area contributed by atoms with Crippen LogP contribution in [0.4, 0.5) is 0 Å². The summed E-state index contributed by atoms with van der Waals surface area (Å²) in [4.78, 5) is 2.50. The highest BCUT2D eigenvalue weighted by Crippen LogP contribution is 2.35. The van der Waals surface area contributed by atoms with E-state index in [0.29, 0.717) is 18.1 Å². The van der Waals surface area contributed by atoms with Crippen LogP contribution in [0.15, 0.2) is 0 Å². The molecule has 2 bridgehead atoms. The largest absolute Gasteiger partial charge is 0.392 e. The van der Waals surface area contributed by atoms with Crippen LogP contribution in [0, 0.1) is 0 Å². The van der Waals surface area contributed by atoms with Crippen molar-refractivity contribution in [3.8, 4) is 0 Å². The van der Waals surface area contributed by atoms with Crippen molar-refractivity contribution in [3.63, 3.8) is 0 Å². The van der Waals surface area contributed by atoms with Gasteiger partial charge < -0.3 is 10.8 Å². The van der Waals surface area contributed by atoms with Crippen LogP contribution < -0.4 is 5.73 Å². The lowest BCUT2D eigenvalue weighted by Gasteiger charge is -2.38. The van der Waals surface area contributed by atoms with Gasteiger partial charge in [-0.25, -0.2) is 0 Å². The van der Waals surface area contributed by atoms with Crippen LogP contribution in [0.3, 0.4) is 0 Å². The van der Waals surface area contributed by atoms with Crippen molar-refractivity contribution >= 4 is 0 Å². The van der Waals surface area contributed by atoms with Crippen LogP contribution in [-0.4, -0.2) is 40.8 Å². The van der Waals surface area contributed by atoms with Crippen molar-refractivity contribution in [2.24, 2.45) is 5.73 Å². The van der Waals surface area contributed by atoms with Gasteiger partial charge in [0.25, 0.3) is 0 Å². The molecule has 0 saturated carbocycles. The number of hydrogen-bond donors (Lipinski definition) is 2. The third kappa shape index (κ3) is 1.95. The molecule has 2 fully saturated rings. The zero-order chi connectivity index (χ0) is 10.1. The van der Waals surface area contributed by atoms with Gasteiger partial charge in [-0.3, -0.25) is 4.90 Å². The van der Waals surface area contributed by atoms with Crippen molar-refractivity contribution < 1.29 is 5.11 Å². The summed E-state index contributed by atoms with van der Waals surface area (Å²) in [7, 11) is 0. The van der Waals surface area contributed by atoms with Gasteiger partial charge in [0.1, 0.15) is 0 Å². The number of aliphatic hydroxyl groups excluding tert-OH is 1. The molecule has 0 aromatic rings. The smallest absolute Gasteiger partial charge is 0.0664 e. The number of nitrogens with zero attached hydrogens (tertiary/aromatic N) is 1. The molecule has 82 valence electrons. The second kappa shape index (κ2) is 4.17. The molecule has 4 atom stereocenters. The Hall–Kier alpha value is -0.120. The third-order valence-electron chi connectivity index (χ3n) is 3.81. The first-order chi connectivity index (χ1) is 6.70. The molecule has 2 unspecified atom stereocenters. The fraction of sp³-hybridized carbons (Fsp3) is 1.00. The summed E-state index contributed by atoms with van der Waals surface area (Å²) in [5, 5.41) is 9.67. The summed E-state index contributed by atoms with van der Waals surface area (Å²) in [5.41, 5.74) is 5.99. The van der Waals surface area contributed by atoms with Crippen LogP contribution in [0.2, 0.25) is 0 Å². The minimum absolute atomic E-state index is 0.146. The SMILES string of the molecule is CCC(O)CN1[C@@H]2CC[C@H]1CC(N)C2. The Labute approximate surface area is 86.3 Å². The fourth-order valence-electron chi connectivity index (χ4n) is 2.99. The summed E-state index contributed by atoms with van der Waals surface area (Å²) in [6.45, 7) is 2.90. The third-order valence-corrected chi connectivity index (χ3v) is 3.81. The number of fused-ring (bicyclic) bond motifs is 2. The molecule has 14 heavy (non-hydrogen) atoms. The van der Waals surface area contributed by atoms with E-state index in [4.69, 9.17) is 5.73 Å². The van der Waals surface area contributed by atoms with Crippen molar-refractivity contribution in [2.75, 3.05) is 6.54 Å². The summed E-state index contributed by atoms with van der Waals surface area (Å²) in [6, 6.07) is 1.72. The lowest BCUT2D eigenvalue weighted by atomic mass is 9.97. The van der Waals surface area contributed by atoms with Gasteiger partial charge in [0.2, 0.25) is 0 Å². The van der Waals surface area contributed by atoms with E-state index in [2.05, 4.69) is 4.90 Å². The van der Waals surface area contributed by atoms with Gasteiger partial charge in [-0.2, -0.15) is 0 Å². The van der Waals surface area contributed by atoms with E-state index < -0.39 is 0 Å². The zero-order valence-corrected chi connectivity index (χ0v) is 9.02. The van der Waals surface area contributed by atoms with Crippen molar-refractivity contribution in [1.29, 1.82) is 0 Å². The maximum Gasteiger partial charge on any atom is 0.0664 e. The van der Waals surface area contributed by atoms with E-state index in [1.165, 1.54) is 12.8 Å². The Morgan fingerprint density at radius 2 is 1.93 bits per heavy atom. The molecule has 2 rings (SSSR count). The molecule has 0 radical (unpaired) electrons. The molecule has 3 heteroatoms. The topological polar surface area (TPSA) is 49.5 Å². The summed E-state index contributed by atoms with van der Waals surface area (Å²) < 4.78 is 0. The van der Waals surface area contributed by atoms with Gasteiger partial charge in [-0.15, -0.1) is 0 Å². The highest BCUT2D eigenvalue weighted by atomic mass is 16.3. The second-order valence-corrected chi connectivity index (χ2v) is 4.88. The molecular formula is C11H22N2O. The lowest BCUT2D eigenvalue weighted by molar-refractivity contribution is 0.0553. The van der Waals surface area contributed by atoms with Gasteiger partial charge in [0.15, 0.2) is 0 Å². The Bertz CT molecular complexity index is 184. The highest BCUT2D eigenvalue weighted by Gasteiger charge is 2.39. The zero-order valence-electron chi connectivity index (χ0n) is 9.02. The summed E-state index contributed by atoms with van der Waals surface area (Å²) >= 11 is 0. The van der Waals surface area contributed by atoms with Gasteiger partial charge in [0, 0.05) is 24.7 Å². The van der Waals surface area contributed by atoms with Crippen LogP contribution >= 0.6 is 0 Å². The first-order valence-electron chi connectivity index (χ1n) is 5.90. The van der Waals surface area contributed by atoms with Gasteiger partial charge in [-0.1, -0.05) is 6.92 Å². The van der Waals surface area contributed by atoms with E-state index >= 15 is 0 Å².